The summed E-state index contributed by atoms with van der Waals surface area (Å²) in [5.74, 6) is 0.854. The van der Waals surface area contributed by atoms with Crippen LogP contribution in [0.25, 0.3) is 165 Å². The van der Waals surface area contributed by atoms with E-state index >= 15 is 0 Å². The largest absolute Gasteiger partial charge is 0.508 e. The van der Waals surface area contributed by atoms with Crippen LogP contribution < -0.4 is 5.73 Å². The molecule has 0 fully saturated rings. The molecule has 11 aromatic heterocycles. The molecule has 1 unspecified atom stereocenters. The molecular formula is C112H116F2N14O5. The molecule has 25 rings (SSSR count). The SMILES string of the molecule is C.C.C.C.C.CN(C)Cc1cc(-c2[nH]c3ccc4nccc4c3c3c2CCCC3)ccc1O.Nc1ncc(-c2[nH]c3ccc4nccc4c3c3c2CCCC3)cn1.Oc1ccc(-c2[nH]c3ccc4nccc4c3c3c2CC(O)CC3)cc1.Oc1ccc(-c2[nH]c3ccc4nccc4c3c3c2CCCC3)cc1C(F)F.Oc1cccc(-c2[nH]c3ccc4nccc4c3c3c2CCCC3)c1. The van der Waals surface area contributed by atoms with Gasteiger partial charge in [-0.05, 0) is 366 Å². The minimum atomic E-state index is -2.71. The zero-order valence-corrected chi connectivity index (χ0v) is 71.2. The van der Waals surface area contributed by atoms with Crippen LogP contribution >= 0.6 is 0 Å². The van der Waals surface area contributed by atoms with E-state index in [1.54, 1.807) is 36.7 Å². The zero-order valence-electron chi connectivity index (χ0n) is 71.2. The van der Waals surface area contributed by atoms with Gasteiger partial charge in [0.1, 0.15) is 23.0 Å². The van der Waals surface area contributed by atoms with Gasteiger partial charge in [-0.25, -0.2) is 18.7 Å². The number of aliphatic hydroxyl groups is 1. The minimum Gasteiger partial charge on any atom is -0.508 e. The molecule has 678 valence electrons. The predicted molar refractivity (Wildman–Crippen MR) is 542 cm³/mol. The molecular weight excluding hydrogens is 1660 g/mol. The first-order valence-electron chi connectivity index (χ1n) is 44.6. The Kier molecular flexibility index (Phi) is 26.6. The number of nitrogens with zero attached hydrogens (tertiary/aromatic N) is 8. The Balaban J connectivity index is 0.000000120. The number of aromatic amines is 5. The highest BCUT2D eigenvalue weighted by Crippen LogP contribution is 2.47. The molecule has 19 nitrogen and oxygen atoms in total. The molecule has 0 saturated heterocycles. The highest BCUT2D eigenvalue weighted by molar-refractivity contribution is 6.13. The Morgan fingerprint density at radius 2 is 0.677 bits per heavy atom. The number of anilines is 1. The maximum absolute atomic E-state index is 13.3. The first-order valence-corrected chi connectivity index (χ1v) is 44.6. The summed E-state index contributed by atoms with van der Waals surface area (Å²) in [5.41, 5.74) is 40.7. The van der Waals surface area contributed by atoms with Gasteiger partial charge in [0.25, 0.3) is 6.43 Å². The third-order valence-corrected chi connectivity index (χ3v) is 26.8. The Labute approximate surface area is 772 Å². The third kappa shape index (κ3) is 17.3. The van der Waals surface area contributed by atoms with E-state index in [0.29, 0.717) is 29.4 Å². The van der Waals surface area contributed by atoms with Gasteiger partial charge in [-0.1, -0.05) is 49.3 Å². The van der Waals surface area contributed by atoms with E-state index in [1.807, 2.05) is 106 Å². The van der Waals surface area contributed by atoms with Gasteiger partial charge in [0.05, 0.1) is 44.9 Å². The van der Waals surface area contributed by atoms with Crippen molar-refractivity contribution >= 4 is 115 Å². The number of phenols is 4. The van der Waals surface area contributed by atoms with E-state index in [9.17, 15) is 34.3 Å². The number of hydrogen-bond acceptors (Lipinski definition) is 14. The van der Waals surface area contributed by atoms with E-state index in [1.165, 1.54) is 166 Å². The van der Waals surface area contributed by atoms with Crippen LogP contribution in [0.5, 0.6) is 23.0 Å². The summed E-state index contributed by atoms with van der Waals surface area (Å²) in [5, 5.41) is 62.2. The van der Waals surface area contributed by atoms with Gasteiger partial charge < -0.3 is 61.1 Å². The molecule has 133 heavy (non-hydrogen) atoms. The summed E-state index contributed by atoms with van der Waals surface area (Å²) in [7, 11) is 4.05. The van der Waals surface area contributed by atoms with Crippen LogP contribution in [0.15, 0.2) is 219 Å². The Morgan fingerprint density at radius 3 is 1.05 bits per heavy atom. The molecule has 9 aromatic carbocycles. The number of H-pyrrole nitrogens is 5. The van der Waals surface area contributed by atoms with E-state index in [2.05, 4.69) is 144 Å². The van der Waals surface area contributed by atoms with Crippen LogP contribution in [-0.2, 0) is 70.8 Å². The van der Waals surface area contributed by atoms with E-state index in [0.717, 1.165) is 189 Å². The number of aromatic hydroxyl groups is 4. The molecule has 20 aromatic rings. The van der Waals surface area contributed by atoms with E-state index in [4.69, 9.17) is 5.73 Å². The number of nitrogen functional groups attached to an aromatic ring is 1. The fourth-order valence-electron chi connectivity index (χ4n) is 21.0. The van der Waals surface area contributed by atoms with Gasteiger partial charge in [0.15, 0.2) is 0 Å². The number of halogens is 2. The topological polar surface area (TPSA) is 300 Å². The number of nitrogens with two attached hydrogens (primary N) is 1. The van der Waals surface area contributed by atoms with E-state index < -0.39 is 6.43 Å². The van der Waals surface area contributed by atoms with Crippen molar-refractivity contribution in [1.82, 2.24) is 64.7 Å². The van der Waals surface area contributed by atoms with Crippen molar-refractivity contribution in [2.24, 2.45) is 0 Å². The zero-order chi connectivity index (χ0) is 87.0. The Hall–Kier alpha value is -14.4. The first-order chi connectivity index (χ1) is 62.6. The second-order valence-corrected chi connectivity index (χ2v) is 34.9. The van der Waals surface area contributed by atoms with Gasteiger partial charge in [0, 0.05) is 177 Å². The average molecular weight is 1780 g/mol. The van der Waals surface area contributed by atoms with Gasteiger partial charge >= 0.3 is 0 Å². The number of aromatic nitrogens is 12. The summed E-state index contributed by atoms with van der Waals surface area (Å²) >= 11 is 0. The highest BCUT2D eigenvalue weighted by Gasteiger charge is 2.29. The number of rotatable bonds is 8. The fraction of sp³-hybridized carbons (Fsp3) is 0.259. The van der Waals surface area contributed by atoms with Crippen molar-refractivity contribution in [1.29, 1.82) is 0 Å². The summed E-state index contributed by atoms with van der Waals surface area (Å²) in [6.07, 6.45) is 30.2. The molecule has 0 amide bonds. The number of aliphatic hydroxyl groups excluding tert-OH is 1. The maximum atomic E-state index is 13.3. The molecule has 12 N–H and O–H groups in total. The molecule has 5 aliphatic rings. The lowest BCUT2D eigenvalue weighted by Gasteiger charge is -2.26. The monoisotopic (exact) mass is 1770 g/mol. The van der Waals surface area contributed by atoms with Gasteiger partial charge in [0.2, 0.25) is 5.95 Å². The summed E-state index contributed by atoms with van der Waals surface area (Å²) in [6.45, 7) is 0.718. The number of nitrogens with one attached hydrogen (secondary N) is 5. The van der Waals surface area contributed by atoms with Crippen molar-refractivity contribution < 1.29 is 34.3 Å². The molecule has 11 heterocycles. The van der Waals surface area contributed by atoms with Crippen LogP contribution in [0, 0.1) is 0 Å². The number of fused-ring (bicyclic) bond motifs is 25. The van der Waals surface area contributed by atoms with Crippen LogP contribution in [0.3, 0.4) is 0 Å². The number of aryl methyl sites for hydroxylation is 5. The molecule has 0 saturated carbocycles. The van der Waals surface area contributed by atoms with Crippen molar-refractivity contribution in [3.63, 3.8) is 0 Å². The van der Waals surface area contributed by atoms with Crippen LogP contribution in [0.4, 0.5) is 14.7 Å². The second kappa shape index (κ2) is 38.6. The van der Waals surface area contributed by atoms with Crippen LogP contribution in [-0.4, -0.2) is 110 Å². The molecule has 0 bridgehead atoms. The van der Waals surface area contributed by atoms with Crippen molar-refractivity contribution in [3.8, 4) is 79.3 Å². The predicted octanol–water partition coefficient (Wildman–Crippen LogP) is 26.7. The van der Waals surface area contributed by atoms with Crippen LogP contribution in [0.2, 0.25) is 0 Å². The summed E-state index contributed by atoms with van der Waals surface area (Å²) in [4.78, 5) is 50.7. The summed E-state index contributed by atoms with van der Waals surface area (Å²) in [6, 6.07) is 56.5. The molecule has 0 aliphatic heterocycles. The average Bonchev–Trinajstić information content (AvgIpc) is 1.76. The fourth-order valence-corrected chi connectivity index (χ4v) is 21.0. The number of hydrogen-bond donors (Lipinski definition) is 11. The maximum Gasteiger partial charge on any atom is 0.267 e. The van der Waals surface area contributed by atoms with Gasteiger partial charge in [-0.3, -0.25) is 24.9 Å². The quantitative estimate of drug-likeness (QED) is 0.0674. The standard InChI is InChI=1S/C24H25N3O.C22H18F2N2O.C21H18N2O2.C21H18N2O.C19H17N5.5CH4/c1-27(2)14-16-13-15(7-10-22(16)28)24-18-6-4-3-5-17(18)23-19-11-12-25-20(19)8-9-21(23)26-24;23-22(24)16-11-12(5-8-19(16)27)21-14-4-2-1-3-13(14)20-15-9-10-25-17(15)6-7-18(20)26-21;24-13-3-1-12(2-4-13)21-17-11-14(25)5-6-15(17)20-16-9-10-22-18(16)7-8-19(20)23-21;24-14-5-3-4-13(12-14)21-16-7-2-1-6-15(16)20-17-10-11-22-18(17)8-9-19(20)23-21;20-19-22-9-11(10-23-19)18-13-4-2-1-3-12(13)17-14-7-8-21-15(14)5-6-16(17)24-18;;;;;/h7-13,26,28H,3-6,14H2,1-2H3;5-11,22,26-27H,1-4H2;1-4,7-10,14,23-25H,5-6,11H2;3-5,8-12,23-24H,1-2,6-7H2;5-10,24H,1-4H2,(H2,20,22,23);5*1H4. The van der Waals surface area contributed by atoms with Crippen molar-refractivity contribution in [3.05, 3.63) is 286 Å². The Bertz CT molecular complexity index is 7720. The molecule has 1 atom stereocenters. The number of alkyl halides is 2. The van der Waals surface area contributed by atoms with E-state index in [-0.39, 0.29) is 60.3 Å². The first kappa shape index (κ1) is 91.9. The van der Waals surface area contributed by atoms with Gasteiger partial charge in [-0.15, -0.1) is 0 Å². The van der Waals surface area contributed by atoms with Crippen molar-refractivity contribution in [2.75, 3.05) is 19.8 Å². The number of phenolic OH excluding ortho intramolecular Hbond substituents is 4. The van der Waals surface area contributed by atoms with Crippen molar-refractivity contribution in [2.45, 2.75) is 178 Å². The van der Waals surface area contributed by atoms with Gasteiger partial charge in [-0.2, -0.15) is 0 Å². The lowest BCUT2D eigenvalue weighted by molar-refractivity contribution is 0.147. The molecule has 0 radical (unpaired) electrons. The minimum absolute atomic E-state index is 0. The molecule has 5 aliphatic carbocycles. The lowest BCUT2D eigenvalue weighted by atomic mass is 9.84. The number of pyridine rings is 5. The number of benzene rings is 9. The summed E-state index contributed by atoms with van der Waals surface area (Å²) < 4.78 is 26.6. The Morgan fingerprint density at radius 1 is 0.346 bits per heavy atom. The molecule has 0 spiro atoms. The normalized spacial score (nSPS) is 14.2. The smallest absolute Gasteiger partial charge is 0.267 e. The molecule has 21 heteroatoms. The second-order valence-electron chi connectivity index (χ2n) is 34.9. The third-order valence-electron chi connectivity index (χ3n) is 26.8. The van der Waals surface area contributed by atoms with Crippen LogP contribution in [0.1, 0.15) is 168 Å². The lowest BCUT2D eigenvalue weighted by Crippen LogP contribution is -2.20. The highest BCUT2D eigenvalue weighted by atomic mass is 19.3.